The third-order valence-electron chi connectivity index (χ3n) is 2.67. The zero-order valence-electron chi connectivity index (χ0n) is 14.6. The van der Waals surface area contributed by atoms with Crippen molar-refractivity contribution in [2.24, 2.45) is 0 Å². The summed E-state index contributed by atoms with van der Waals surface area (Å²) in [6.07, 6.45) is 3.83. The predicted molar refractivity (Wildman–Crippen MR) is 93.5 cm³/mol. The van der Waals surface area contributed by atoms with Gasteiger partial charge in [0.25, 0.3) is 0 Å². The molecule has 0 spiro atoms. The van der Waals surface area contributed by atoms with Crippen LogP contribution in [0.2, 0.25) is 0 Å². The summed E-state index contributed by atoms with van der Waals surface area (Å²) in [5, 5.41) is 0.630. The first-order valence-corrected chi connectivity index (χ1v) is 12.3. The molecule has 126 valence electrons. The summed E-state index contributed by atoms with van der Waals surface area (Å²) in [5.41, 5.74) is 0. The molecule has 0 amide bonds. The average Bonchev–Trinajstić information content (AvgIpc) is 2.13. The van der Waals surface area contributed by atoms with E-state index in [4.69, 9.17) is 19.1 Å². The van der Waals surface area contributed by atoms with Crippen LogP contribution < -0.4 is 0 Å². The van der Waals surface area contributed by atoms with E-state index in [2.05, 4.69) is 80.4 Å². The third kappa shape index (κ3) is 10.4. The molecule has 0 fully saturated rings. The molecular formula is C15H32Cl2NPPd. The van der Waals surface area contributed by atoms with E-state index in [9.17, 15) is 0 Å². The molecule has 0 unspecified atom stereocenters. The fraction of sp³-hybridized carbons (Fsp3) is 0.933. The van der Waals surface area contributed by atoms with E-state index in [0.29, 0.717) is 22.4 Å². The van der Waals surface area contributed by atoms with Gasteiger partial charge < -0.3 is 0 Å². The third-order valence-corrected chi connectivity index (χ3v) is 5.78. The van der Waals surface area contributed by atoms with Crippen molar-refractivity contribution in [2.45, 2.75) is 91.6 Å². The molecule has 0 aromatic carbocycles. The van der Waals surface area contributed by atoms with Crippen LogP contribution in [-0.2, 0) is 15.9 Å². The SMILES string of the molecule is CC(C)N([C]P(C(C)(C)C)C(C)(C)C)C(C)C.[Cl][Pd][Cl]. The summed E-state index contributed by atoms with van der Waals surface area (Å²) in [7, 11) is 9.36. The minimum absolute atomic E-state index is 0.106. The second-order valence-corrected chi connectivity index (χ2v) is 13.3. The normalized spacial score (nSPS) is 13.4. The van der Waals surface area contributed by atoms with E-state index in [1.807, 2.05) is 0 Å². The van der Waals surface area contributed by atoms with Gasteiger partial charge in [0.2, 0.25) is 0 Å². The zero-order valence-corrected chi connectivity index (χ0v) is 18.6. The van der Waals surface area contributed by atoms with Crippen LogP contribution in [0.25, 0.3) is 0 Å². The van der Waals surface area contributed by atoms with Gasteiger partial charge in [0.15, 0.2) is 0 Å². The second-order valence-electron chi connectivity index (χ2n) is 7.42. The van der Waals surface area contributed by atoms with Crippen molar-refractivity contribution in [1.29, 1.82) is 0 Å². The van der Waals surface area contributed by atoms with Crippen LogP contribution >= 0.6 is 27.0 Å². The van der Waals surface area contributed by atoms with Gasteiger partial charge in [0, 0.05) is 12.1 Å². The first-order chi connectivity index (χ1) is 8.78. The molecule has 5 heteroatoms. The van der Waals surface area contributed by atoms with Crippen molar-refractivity contribution in [3.05, 3.63) is 6.29 Å². The van der Waals surface area contributed by atoms with Crippen LogP contribution in [0.5, 0.6) is 0 Å². The summed E-state index contributed by atoms with van der Waals surface area (Å²) in [5.74, 6) is 0. The predicted octanol–water partition coefficient (Wildman–Crippen LogP) is 6.56. The van der Waals surface area contributed by atoms with Gasteiger partial charge in [-0.25, -0.2) is 0 Å². The Balaban J connectivity index is 0. The van der Waals surface area contributed by atoms with Gasteiger partial charge in [-0.15, -0.1) is 0 Å². The Morgan fingerprint density at radius 1 is 0.850 bits per heavy atom. The van der Waals surface area contributed by atoms with E-state index in [1.165, 1.54) is 0 Å². The monoisotopic (exact) mass is 433 g/mol. The van der Waals surface area contributed by atoms with Crippen molar-refractivity contribution in [3.8, 4) is 0 Å². The minimum atomic E-state index is -0.271. The Labute approximate surface area is 145 Å². The summed E-state index contributed by atoms with van der Waals surface area (Å²) >= 11 is -0.106. The Morgan fingerprint density at radius 2 is 1.10 bits per heavy atom. The van der Waals surface area contributed by atoms with Gasteiger partial charge in [0.1, 0.15) is 0 Å². The Hall–Kier alpha value is 1.63. The van der Waals surface area contributed by atoms with Crippen molar-refractivity contribution in [3.63, 3.8) is 0 Å². The number of rotatable bonds is 4. The van der Waals surface area contributed by atoms with E-state index >= 15 is 0 Å². The van der Waals surface area contributed by atoms with Gasteiger partial charge in [-0.05, 0) is 38.0 Å². The van der Waals surface area contributed by atoms with Crippen LogP contribution in [0, 0.1) is 6.29 Å². The van der Waals surface area contributed by atoms with Crippen LogP contribution in [0.1, 0.15) is 69.2 Å². The van der Waals surface area contributed by atoms with Crippen LogP contribution in [0.4, 0.5) is 0 Å². The quantitative estimate of drug-likeness (QED) is 0.275. The molecule has 0 aliphatic carbocycles. The first-order valence-electron chi connectivity index (χ1n) is 6.96. The standard InChI is InChI=1S/C15H32NP.2ClH.Pd/c1-12(2)16(13(3)4)11-17(14(5,6)7)15(8,9)10;;;/h12-13H,1-10H3;2*1H;/q;;;+2/p-2. The molecule has 0 aromatic rings. The Bertz CT molecular complexity index is 225. The fourth-order valence-corrected chi connectivity index (χ4v) is 5.55. The summed E-state index contributed by atoms with van der Waals surface area (Å²) < 4.78 is 0. The molecule has 1 nitrogen and oxygen atoms in total. The number of hydrogen-bond donors (Lipinski definition) is 0. The van der Waals surface area contributed by atoms with Gasteiger partial charge in [-0.2, -0.15) is 0 Å². The molecule has 0 heterocycles. The molecule has 0 aliphatic rings. The van der Waals surface area contributed by atoms with Crippen molar-refractivity contribution in [1.82, 2.24) is 4.90 Å². The van der Waals surface area contributed by atoms with E-state index in [0.717, 1.165) is 0 Å². The van der Waals surface area contributed by atoms with Gasteiger partial charge in [0.05, 0.1) is 6.29 Å². The topological polar surface area (TPSA) is 3.24 Å². The van der Waals surface area contributed by atoms with E-state index in [1.54, 1.807) is 0 Å². The molecule has 0 aromatic heterocycles. The van der Waals surface area contributed by atoms with E-state index < -0.39 is 0 Å². The summed E-state index contributed by atoms with van der Waals surface area (Å²) in [4.78, 5) is 2.40. The van der Waals surface area contributed by atoms with Crippen LogP contribution in [-0.4, -0.2) is 27.3 Å². The molecule has 0 N–H and O–H groups in total. The molecule has 20 heavy (non-hydrogen) atoms. The first kappa shape index (κ1) is 23.9. The molecule has 0 saturated carbocycles. The summed E-state index contributed by atoms with van der Waals surface area (Å²) in [6, 6.07) is 1.06. The molecular weight excluding hydrogens is 402 g/mol. The van der Waals surface area contributed by atoms with E-state index in [-0.39, 0.29) is 23.9 Å². The van der Waals surface area contributed by atoms with Gasteiger partial charge in [-0.3, -0.25) is 4.90 Å². The fourth-order valence-electron chi connectivity index (χ4n) is 2.25. The Kier molecular flexibility index (Phi) is 12.4. The van der Waals surface area contributed by atoms with Gasteiger partial charge in [-0.1, -0.05) is 49.5 Å². The number of halogens is 2. The molecule has 0 bridgehead atoms. The van der Waals surface area contributed by atoms with Gasteiger partial charge >= 0.3 is 35.0 Å². The zero-order chi connectivity index (χ0) is 16.7. The molecule has 0 saturated heterocycles. The summed E-state index contributed by atoms with van der Waals surface area (Å²) in [6.45, 7) is 23.1. The van der Waals surface area contributed by atoms with Crippen LogP contribution in [0.15, 0.2) is 0 Å². The molecule has 0 atom stereocenters. The van der Waals surface area contributed by atoms with Crippen molar-refractivity contribution < 1.29 is 15.9 Å². The second kappa shape index (κ2) is 10.4. The average molecular weight is 435 g/mol. The molecule has 2 radical (unpaired) electrons. The van der Waals surface area contributed by atoms with Crippen molar-refractivity contribution >= 4 is 27.0 Å². The number of hydrogen-bond acceptors (Lipinski definition) is 1. The maximum atomic E-state index is 4.81. The molecule has 0 rings (SSSR count). The van der Waals surface area contributed by atoms with Crippen LogP contribution in [0.3, 0.4) is 0 Å². The number of nitrogens with zero attached hydrogens (tertiary/aromatic N) is 1. The molecule has 0 aliphatic heterocycles. The van der Waals surface area contributed by atoms with Crippen molar-refractivity contribution in [2.75, 3.05) is 0 Å². The Morgan fingerprint density at radius 3 is 1.25 bits per heavy atom. The maximum absolute atomic E-state index is 4.81.